The Morgan fingerprint density at radius 2 is 1.14 bits per heavy atom. The SMILES string of the molecule is CC(C)(C)OC(=O)CCC(N)(CCC(=O)OC(C)(C)C)CC[NH+]([O-])OC(C)(C)C. The highest BCUT2D eigenvalue weighted by molar-refractivity contribution is 5.70. The number of hydrogen-bond donors (Lipinski definition) is 2. The first kappa shape index (κ1) is 27.8. The van der Waals surface area contributed by atoms with E-state index in [1.165, 1.54) is 0 Å². The topological polar surface area (TPSA) is 115 Å². The largest absolute Gasteiger partial charge is 0.600 e. The Morgan fingerprint density at radius 1 is 0.759 bits per heavy atom. The minimum Gasteiger partial charge on any atom is -0.600 e. The van der Waals surface area contributed by atoms with Crippen LogP contribution in [-0.4, -0.2) is 40.8 Å². The predicted molar refractivity (Wildman–Crippen MR) is 112 cm³/mol. The number of rotatable bonds is 10. The van der Waals surface area contributed by atoms with E-state index >= 15 is 0 Å². The van der Waals surface area contributed by atoms with Gasteiger partial charge < -0.3 is 20.4 Å². The molecule has 3 N–H and O–H groups in total. The van der Waals surface area contributed by atoms with E-state index in [0.29, 0.717) is 19.3 Å². The second-order valence-electron chi connectivity index (χ2n) is 10.6. The van der Waals surface area contributed by atoms with Crippen LogP contribution in [0.3, 0.4) is 0 Å². The van der Waals surface area contributed by atoms with E-state index in [1.54, 1.807) is 62.3 Å². The van der Waals surface area contributed by atoms with Crippen LogP contribution in [0.2, 0.25) is 0 Å². The third kappa shape index (κ3) is 16.3. The van der Waals surface area contributed by atoms with Gasteiger partial charge in [-0.15, -0.1) is 0 Å². The van der Waals surface area contributed by atoms with Gasteiger partial charge in [-0.2, -0.15) is 4.84 Å². The highest BCUT2D eigenvalue weighted by Gasteiger charge is 2.30. The van der Waals surface area contributed by atoms with Gasteiger partial charge in [0.2, 0.25) is 0 Å². The van der Waals surface area contributed by atoms with Crippen molar-refractivity contribution in [3.8, 4) is 0 Å². The molecule has 0 amide bonds. The van der Waals surface area contributed by atoms with Gasteiger partial charge in [0, 0.05) is 24.8 Å². The molecule has 0 spiro atoms. The van der Waals surface area contributed by atoms with Gasteiger partial charge in [0.15, 0.2) is 0 Å². The molecular formula is C21H42N2O6. The van der Waals surface area contributed by atoms with Crippen LogP contribution in [0.1, 0.15) is 94.4 Å². The normalized spacial score (nSPS) is 14.4. The molecule has 0 saturated carbocycles. The maximum absolute atomic E-state index is 12.1. The number of quaternary nitrogens is 1. The fourth-order valence-electron chi connectivity index (χ4n) is 2.61. The van der Waals surface area contributed by atoms with Crippen molar-refractivity contribution in [2.45, 2.75) is 117 Å². The summed E-state index contributed by atoms with van der Waals surface area (Å²) in [5, 5.41) is 11.7. The predicted octanol–water partition coefficient (Wildman–Crippen LogP) is 2.43. The van der Waals surface area contributed by atoms with Crippen LogP contribution < -0.4 is 11.0 Å². The molecule has 0 radical (unpaired) electrons. The molecule has 0 aliphatic carbocycles. The zero-order valence-electron chi connectivity index (χ0n) is 19.8. The Hall–Kier alpha value is -1.22. The average Bonchev–Trinajstić information content (AvgIpc) is 2.44. The first-order valence-electron chi connectivity index (χ1n) is 10.2. The third-order valence-electron chi connectivity index (χ3n) is 3.74. The Bertz CT molecular complexity index is 497. The minimum absolute atomic E-state index is 0.108. The zero-order chi connectivity index (χ0) is 23.1. The molecule has 0 bridgehead atoms. The van der Waals surface area contributed by atoms with Crippen LogP contribution in [0.25, 0.3) is 0 Å². The second-order valence-corrected chi connectivity index (χ2v) is 10.6. The summed E-state index contributed by atoms with van der Waals surface area (Å²) in [4.78, 5) is 29.5. The fraction of sp³-hybridized carbons (Fsp3) is 0.905. The van der Waals surface area contributed by atoms with E-state index in [0.717, 1.165) is 0 Å². The summed E-state index contributed by atoms with van der Waals surface area (Å²) < 4.78 is 10.7. The summed E-state index contributed by atoms with van der Waals surface area (Å²) in [6.07, 6.45) is 1.11. The van der Waals surface area contributed by atoms with Crippen molar-refractivity contribution in [3.63, 3.8) is 0 Å². The van der Waals surface area contributed by atoms with Gasteiger partial charge >= 0.3 is 11.9 Å². The van der Waals surface area contributed by atoms with E-state index in [4.69, 9.17) is 20.0 Å². The number of ether oxygens (including phenoxy) is 2. The van der Waals surface area contributed by atoms with Gasteiger partial charge in [-0.05, 0) is 75.2 Å². The van der Waals surface area contributed by atoms with Gasteiger partial charge in [-0.25, -0.2) is 5.23 Å². The summed E-state index contributed by atoms with van der Waals surface area (Å²) >= 11 is 0. The number of hydrogen-bond acceptors (Lipinski definition) is 7. The van der Waals surface area contributed by atoms with E-state index in [-0.39, 0.29) is 36.6 Å². The third-order valence-corrected chi connectivity index (χ3v) is 3.74. The van der Waals surface area contributed by atoms with Crippen LogP contribution >= 0.6 is 0 Å². The van der Waals surface area contributed by atoms with Crippen molar-refractivity contribution in [2.24, 2.45) is 5.73 Å². The van der Waals surface area contributed by atoms with Gasteiger partial charge in [0.1, 0.15) is 23.3 Å². The first-order chi connectivity index (χ1) is 12.8. The molecule has 172 valence electrons. The van der Waals surface area contributed by atoms with Gasteiger partial charge in [0.05, 0.1) is 0 Å². The van der Waals surface area contributed by atoms with Crippen LogP contribution in [0.15, 0.2) is 0 Å². The molecule has 1 atom stereocenters. The van der Waals surface area contributed by atoms with Crippen molar-refractivity contribution in [1.82, 2.24) is 0 Å². The quantitative estimate of drug-likeness (QED) is 0.413. The van der Waals surface area contributed by atoms with Crippen molar-refractivity contribution in [1.29, 1.82) is 0 Å². The molecule has 29 heavy (non-hydrogen) atoms. The lowest BCUT2D eigenvalue weighted by molar-refractivity contribution is -1.06. The molecule has 0 aliphatic heterocycles. The molecule has 1 unspecified atom stereocenters. The molecule has 0 heterocycles. The van der Waals surface area contributed by atoms with Crippen molar-refractivity contribution in [2.75, 3.05) is 6.54 Å². The molecule has 0 rings (SSSR count). The highest BCUT2D eigenvalue weighted by Crippen LogP contribution is 2.23. The van der Waals surface area contributed by atoms with Crippen LogP contribution in [-0.2, 0) is 23.9 Å². The van der Waals surface area contributed by atoms with Gasteiger partial charge in [-0.3, -0.25) is 9.59 Å². The van der Waals surface area contributed by atoms with E-state index in [1.807, 2.05) is 0 Å². The number of hydroxylamine groups is 2. The second kappa shape index (κ2) is 10.7. The smallest absolute Gasteiger partial charge is 0.306 e. The summed E-state index contributed by atoms with van der Waals surface area (Å²) in [5.74, 6) is -0.719. The first-order valence-corrected chi connectivity index (χ1v) is 10.2. The highest BCUT2D eigenvalue weighted by atomic mass is 16.9. The molecule has 8 nitrogen and oxygen atoms in total. The Kier molecular flexibility index (Phi) is 10.3. The van der Waals surface area contributed by atoms with Crippen LogP contribution in [0, 0.1) is 5.21 Å². The Balaban J connectivity index is 4.96. The van der Waals surface area contributed by atoms with Gasteiger partial charge in [-0.1, -0.05) is 0 Å². The standard InChI is InChI=1S/C21H42N2O6/c1-18(2,3)27-16(24)10-12-21(22,13-11-17(25)28-19(4,5)6)14-15-23(26)29-20(7,8)9/h23H,10-15,22H2,1-9H3. The van der Waals surface area contributed by atoms with Crippen molar-refractivity contribution in [3.05, 3.63) is 5.21 Å². The molecule has 0 fully saturated rings. The molecule has 0 aliphatic rings. The summed E-state index contributed by atoms with van der Waals surface area (Å²) in [7, 11) is 0. The Labute approximate surface area is 176 Å². The number of nitrogens with two attached hydrogens (primary N) is 1. The zero-order valence-corrected chi connectivity index (χ0v) is 19.8. The van der Waals surface area contributed by atoms with Crippen molar-refractivity contribution >= 4 is 11.9 Å². The Morgan fingerprint density at radius 3 is 1.45 bits per heavy atom. The van der Waals surface area contributed by atoms with Crippen LogP contribution in [0.5, 0.6) is 0 Å². The minimum atomic E-state index is -0.884. The molecule has 0 aromatic carbocycles. The molecule has 8 heteroatoms. The fourth-order valence-corrected chi connectivity index (χ4v) is 2.61. The maximum atomic E-state index is 12.1. The average molecular weight is 419 g/mol. The molecule has 0 aromatic rings. The van der Waals surface area contributed by atoms with Crippen LogP contribution in [0.4, 0.5) is 0 Å². The lowest BCUT2D eigenvalue weighted by Crippen LogP contribution is -3.07. The maximum Gasteiger partial charge on any atom is 0.306 e. The lowest BCUT2D eigenvalue weighted by atomic mass is 9.86. The molecule has 0 saturated heterocycles. The monoisotopic (exact) mass is 418 g/mol. The van der Waals surface area contributed by atoms with E-state index in [9.17, 15) is 14.8 Å². The molecular weight excluding hydrogens is 376 g/mol. The molecule has 0 aromatic heterocycles. The lowest BCUT2D eigenvalue weighted by Gasteiger charge is -2.33. The summed E-state index contributed by atoms with van der Waals surface area (Å²) in [6, 6.07) is 0. The van der Waals surface area contributed by atoms with Gasteiger partial charge in [0.25, 0.3) is 0 Å². The number of carbonyl (C=O) groups is 2. The summed E-state index contributed by atoms with van der Waals surface area (Å²) in [5.41, 5.74) is 3.88. The summed E-state index contributed by atoms with van der Waals surface area (Å²) in [6.45, 7) is 16.3. The van der Waals surface area contributed by atoms with Crippen molar-refractivity contribution < 1.29 is 29.1 Å². The number of nitrogens with one attached hydrogen (secondary N) is 1. The number of esters is 2. The van der Waals surface area contributed by atoms with E-state index in [2.05, 4.69) is 0 Å². The van der Waals surface area contributed by atoms with E-state index < -0.39 is 22.3 Å². The number of carbonyl (C=O) groups excluding carboxylic acids is 2.